The highest BCUT2D eigenvalue weighted by atomic mass is 16.1. The van der Waals surface area contributed by atoms with Gasteiger partial charge in [0.25, 0.3) is 0 Å². The summed E-state index contributed by atoms with van der Waals surface area (Å²) in [6, 6.07) is 24.6. The van der Waals surface area contributed by atoms with Gasteiger partial charge in [-0.25, -0.2) is 4.68 Å². The standard InChI is InChI=1S/C26H25N3O/c1-3-22(23(4-2)26(27)30)24-17-29(21-12-6-5-7-13-21)28-25(24)20-15-14-18-10-8-9-11-19(18)16-20/h5-17H,3-4H2,1-2H3,(H2,27,30). The first-order chi connectivity index (χ1) is 14.6. The van der Waals surface area contributed by atoms with Crippen LogP contribution in [0.3, 0.4) is 0 Å². The van der Waals surface area contributed by atoms with Gasteiger partial charge in [0.15, 0.2) is 0 Å². The number of primary amides is 1. The summed E-state index contributed by atoms with van der Waals surface area (Å²) >= 11 is 0. The van der Waals surface area contributed by atoms with Gasteiger partial charge in [-0.3, -0.25) is 4.79 Å². The van der Waals surface area contributed by atoms with Crippen molar-refractivity contribution in [3.05, 3.63) is 90.1 Å². The molecule has 0 radical (unpaired) electrons. The molecule has 0 saturated heterocycles. The van der Waals surface area contributed by atoms with Gasteiger partial charge >= 0.3 is 0 Å². The van der Waals surface area contributed by atoms with Crippen LogP contribution in [0.1, 0.15) is 32.3 Å². The minimum Gasteiger partial charge on any atom is -0.366 e. The molecule has 0 bridgehead atoms. The van der Waals surface area contributed by atoms with Crippen LogP contribution in [-0.4, -0.2) is 15.7 Å². The van der Waals surface area contributed by atoms with E-state index in [0.29, 0.717) is 18.4 Å². The molecule has 4 nitrogen and oxygen atoms in total. The molecule has 1 aromatic heterocycles. The molecule has 1 heterocycles. The van der Waals surface area contributed by atoms with Crippen molar-refractivity contribution in [3.63, 3.8) is 0 Å². The predicted molar refractivity (Wildman–Crippen MR) is 123 cm³/mol. The van der Waals surface area contributed by atoms with Crippen LogP contribution in [-0.2, 0) is 4.79 Å². The number of nitrogens with two attached hydrogens (primary N) is 1. The van der Waals surface area contributed by atoms with Gasteiger partial charge in [0.05, 0.1) is 5.69 Å². The molecule has 30 heavy (non-hydrogen) atoms. The summed E-state index contributed by atoms with van der Waals surface area (Å²) in [5.74, 6) is -0.369. The van der Waals surface area contributed by atoms with Crippen molar-refractivity contribution in [3.8, 4) is 16.9 Å². The highest BCUT2D eigenvalue weighted by Gasteiger charge is 2.20. The van der Waals surface area contributed by atoms with Gasteiger partial charge < -0.3 is 5.73 Å². The maximum absolute atomic E-state index is 12.1. The van der Waals surface area contributed by atoms with Crippen molar-refractivity contribution < 1.29 is 4.79 Å². The van der Waals surface area contributed by atoms with Crippen LogP contribution >= 0.6 is 0 Å². The van der Waals surface area contributed by atoms with Gasteiger partial charge in [-0.15, -0.1) is 0 Å². The van der Waals surface area contributed by atoms with Crippen LogP contribution < -0.4 is 5.73 Å². The van der Waals surface area contributed by atoms with Crippen LogP contribution in [0.4, 0.5) is 0 Å². The van der Waals surface area contributed by atoms with E-state index in [9.17, 15) is 4.79 Å². The predicted octanol–water partition coefficient (Wildman–Crippen LogP) is 5.75. The van der Waals surface area contributed by atoms with Crippen molar-refractivity contribution in [1.29, 1.82) is 0 Å². The first kappa shape index (κ1) is 19.6. The number of hydrogen-bond donors (Lipinski definition) is 1. The molecule has 4 aromatic rings. The third kappa shape index (κ3) is 3.64. The summed E-state index contributed by atoms with van der Waals surface area (Å²) in [6.07, 6.45) is 3.30. The number of benzene rings is 3. The summed E-state index contributed by atoms with van der Waals surface area (Å²) < 4.78 is 1.88. The minimum absolute atomic E-state index is 0.369. The van der Waals surface area contributed by atoms with E-state index in [0.717, 1.165) is 33.5 Å². The van der Waals surface area contributed by atoms with Crippen LogP contribution in [0.25, 0.3) is 33.3 Å². The molecule has 0 atom stereocenters. The maximum atomic E-state index is 12.1. The quantitative estimate of drug-likeness (QED) is 0.422. The lowest BCUT2D eigenvalue weighted by atomic mass is 9.93. The summed E-state index contributed by atoms with van der Waals surface area (Å²) in [7, 11) is 0. The molecule has 1 amide bonds. The number of aromatic nitrogens is 2. The molecule has 4 rings (SSSR count). The Morgan fingerprint density at radius 3 is 2.27 bits per heavy atom. The van der Waals surface area contributed by atoms with E-state index in [-0.39, 0.29) is 5.91 Å². The Morgan fingerprint density at radius 1 is 0.900 bits per heavy atom. The van der Waals surface area contributed by atoms with Gasteiger partial charge in [-0.05, 0) is 47.4 Å². The normalized spacial score (nSPS) is 12.1. The maximum Gasteiger partial charge on any atom is 0.244 e. The molecule has 0 saturated carbocycles. The first-order valence-electron chi connectivity index (χ1n) is 10.3. The van der Waals surface area contributed by atoms with E-state index in [4.69, 9.17) is 10.8 Å². The summed E-state index contributed by atoms with van der Waals surface area (Å²) in [4.78, 5) is 12.1. The van der Waals surface area contributed by atoms with Crippen LogP contribution in [0.2, 0.25) is 0 Å². The molecular weight excluding hydrogens is 370 g/mol. The lowest BCUT2D eigenvalue weighted by Crippen LogP contribution is -2.15. The second-order valence-corrected chi connectivity index (χ2v) is 7.26. The van der Waals surface area contributed by atoms with E-state index >= 15 is 0 Å². The number of carbonyl (C=O) groups is 1. The Kier molecular flexibility index (Phi) is 5.48. The second-order valence-electron chi connectivity index (χ2n) is 7.26. The highest BCUT2D eigenvalue weighted by Crippen LogP contribution is 2.34. The number of nitrogens with zero attached hydrogens (tertiary/aromatic N) is 2. The topological polar surface area (TPSA) is 60.9 Å². The number of allylic oxidation sites excluding steroid dienone is 1. The largest absolute Gasteiger partial charge is 0.366 e. The van der Waals surface area contributed by atoms with Gasteiger partial charge in [0.2, 0.25) is 5.91 Å². The third-order valence-electron chi connectivity index (χ3n) is 5.45. The fourth-order valence-electron chi connectivity index (χ4n) is 3.96. The Morgan fingerprint density at radius 2 is 1.60 bits per heavy atom. The van der Waals surface area contributed by atoms with Crippen molar-refractivity contribution >= 4 is 22.3 Å². The molecule has 3 aromatic carbocycles. The Labute approximate surface area is 176 Å². The zero-order chi connectivity index (χ0) is 21.1. The average molecular weight is 396 g/mol. The van der Waals surface area contributed by atoms with Crippen LogP contribution in [0.15, 0.2) is 84.6 Å². The fraction of sp³-hybridized carbons (Fsp3) is 0.154. The van der Waals surface area contributed by atoms with Gasteiger partial charge in [0.1, 0.15) is 5.69 Å². The molecule has 0 aliphatic heterocycles. The highest BCUT2D eigenvalue weighted by molar-refractivity contribution is 6.01. The van der Waals surface area contributed by atoms with E-state index in [1.54, 1.807) is 0 Å². The fourth-order valence-corrected chi connectivity index (χ4v) is 3.96. The molecule has 0 aliphatic rings. The zero-order valence-electron chi connectivity index (χ0n) is 17.3. The van der Waals surface area contributed by atoms with Crippen LogP contribution in [0, 0.1) is 0 Å². The molecule has 150 valence electrons. The molecule has 0 unspecified atom stereocenters. The van der Waals surface area contributed by atoms with E-state index in [2.05, 4.69) is 37.3 Å². The van der Waals surface area contributed by atoms with Gasteiger partial charge in [0, 0.05) is 22.9 Å². The number of para-hydroxylation sites is 1. The van der Waals surface area contributed by atoms with Gasteiger partial charge in [-0.2, -0.15) is 5.10 Å². The monoisotopic (exact) mass is 395 g/mol. The van der Waals surface area contributed by atoms with Crippen molar-refractivity contribution in [2.75, 3.05) is 0 Å². The Bertz CT molecular complexity index is 1240. The number of hydrogen-bond acceptors (Lipinski definition) is 2. The molecule has 0 aliphatic carbocycles. The number of amides is 1. The summed E-state index contributed by atoms with van der Waals surface area (Å²) in [5.41, 5.74) is 11.1. The minimum atomic E-state index is -0.369. The summed E-state index contributed by atoms with van der Waals surface area (Å²) in [5, 5.41) is 7.27. The van der Waals surface area contributed by atoms with Crippen molar-refractivity contribution in [2.45, 2.75) is 26.7 Å². The number of fused-ring (bicyclic) bond motifs is 1. The lowest BCUT2D eigenvalue weighted by Gasteiger charge is -2.11. The SMILES string of the molecule is CCC(C(N)=O)=C(CC)c1cn(-c2ccccc2)nc1-c1ccc2ccccc2c1. The molecule has 0 spiro atoms. The molecule has 2 N–H and O–H groups in total. The van der Waals surface area contributed by atoms with Crippen molar-refractivity contribution in [1.82, 2.24) is 9.78 Å². The van der Waals surface area contributed by atoms with Crippen molar-refractivity contribution in [2.24, 2.45) is 5.73 Å². The lowest BCUT2D eigenvalue weighted by molar-refractivity contribution is -0.114. The van der Waals surface area contributed by atoms with E-state index in [1.807, 2.05) is 60.3 Å². The first-order valence-corrected chi connectivity index (χ1v) is 10.3. The van der Waals surface area contributed by atoms with Crippen LogP contribution in [0.5, 0.6) is 0 Å². The van der Waals surface area contributed by atoms with E-state index < -0.39 is 0 Å². The smallest absolute Gasteiger partial charge is 0.244 e. The number of carbonyl (C=O) groups excluding carboxylic acids is 1. The molecular formula is C26H25N3O. The van der Waals surface area contributed by atoms with Gasteiger partial charge in [-0.1, -0.05) is 68.4 Å². The number of rotatable bonds is 6. The summed E-state index contributed by atoms with van der Waals surface area (Å²) in [6.45, 7) is 4.02. The Balaban J connectivity index is 1.98. The molecule has 0 fully saturated rings. The Hall–Kier alpha value is -3.66. The average Bonchev–Trinajstić information content (AvgIpc) is 3.22. The second kappa shape index (κ2) is 8.37. The van der Waals surface area contributed by atoms with E-state index in [1.165, 1.54) is 5.39 Å². The molecule has 4 heteroatoms. The zero-order valence-corrected chi connectivity index (χ0v) is 17.3. The third-order valence-corrected chi connectivity index (χ3v) is 5.45.